The predicted molar refractivity (Wildman–Crippen MR) is 81.0 cm³/mol. The summed E-state index contributed by atoms with van der Waals surface area (Å²) < 4.78 is 17.5. The zero-order valence-electron chi connectivity index (χ0n) is 12.9. The van der Waals surface area contributed by atoms with Crippen molar-refractivity contribution in [1.29, 1.82) is 0 Å². The normalized spacial score (nSPS) is 23.8. The molecule has 1 aromatic rings. The van der Waals surface area contributed by atoms with Crippen LogP contribution in [0.3, 0.4) is 0 Å². The van der Waals surface area contributed by atoms with Gasteiger partial charge >= 0.3 is 6.09 Å². The van der Waals surface area contributed by atoms with Gasteiger partial charge in [0.1, 0.15) is 0 Å². The van der Waals surface area contributed by atoms with Crippen LogP contribution in [-0.4, -0.2) is 66.9 Å². The first-order chi connectivity index (χ1) is 10.6. The number of alkyl halides is 1. The van der Waals surface area contributed by atoms with E-state index in [1.807, 2.05) is 12.1 Å². The Morgan fingerprint density at radius 3 is 2.23 bits per heavy atom. The van der Waals surface area contributed by atoms with Gasteiger partial charge in [0.25, 0.3) is 6.36 Å². The van der Waals surface area contributed by atoms with Crippen LogP contribution in [0.25, 0.3) is 0 Å². The number of likely N-dealkylation sites (N-methyl/N-ethyl adjacent to an activating group) is 1. The van der Waals surface area contributed by atoms with E-state index in [0.29, 0.717) is 6.54 Å². The van der Waals surface area contributed by atoms with E-state index in [9.17, 15) is 9.18 Å². The van der Waals surface area contributed by atoms with Gasteiger partial charge in [0.15, 0.2) is 0 Å². The number of benzene rings is 1. The molecule has 0 spiro atoms. The summed E-state index contributed by atoms with van der Waals surface area (Å²) in [6.07, 6.45) is -2.07. The first-order valence-electron chi connectivity index (χ1n) is 7.68. The molecule has 1 amide bonds. The molecular formula is C16H22FN3O2. The lowest BCUT2D eigenvalue weighted by molar-refractivity contribution is 0.0574. The van der Waals surface area contributed by atoms with Crippen molar-refractivity contribution in [2.24, 2.45) is 0 Å². The van der Waals surface area contributed by atoms with E-state index in [1.54, 1.807) is 0 Å². The molecule has 0 aromatic heterocycles. The molecule has 0 N–H and O–H groups in total. The number of hydrogen-bond acceptors (Lipinski definition) is 4. The van der Waals surface area contributed by atoms with E-state index in [2.05, 4.69) is 33.7 Å². The third-order valence-corrected chi connectivity index (χ3v) is 4.25. The maximum absolute atomic E-state index is 13.0. The summed E-state index contributed by atoms with van der Waals surface area (Å²) in [6, 6.07) is 8.18. The van der Waals surface area contributed by atoms with E-state index in [1.165, 1.54) is 10.5 Å². The largest absolute Gasteiger partial charge is 0.413 e. The molecule has 2 aliphatic rings. The van der Waals surface area contributed by atoms with Gasteiger partial charge in [0.05, 0.1) is 6.54 Å². The van der Waals surface area contributed by atoms with Crippen molar-refractivity contribution in [1.82, 2.24) is 14.7 Å². The van der Waals surface area contributed by atoms with Crippen LogP contribution in [0.2, 0.25) is 0 Å². The third kappa shape index (κ3) is 3.75. The molecule has 1 aromatic carbocycles. The molecule has 1 unspecified atom stereocenters. The standard InChI is InChI=1S/C16H22FN3O2/c1-18-6-8-19(9-7-18)10-13-2-4-14(5-3-13)11-20-12-15(17)22-16(20)21/h2-5,15H,6-12H2,1H3. The Hall–Kier alpha value is -1.66. The third-order valence-electron chi connectivity index (χ3n) is 4.25. The molecule has 0 radical (unpaired) electrons. The van der Waals surface area contributed by atoms with Gasteiger partial charge in [-0.2, -0.15) is 4.39 Å². The first kappa shape index (κ1) is 15.2. The van der Waals surface area contributed by atoms with Crippen LogP contribution < -0.4 is 0 Å². The van der Waals surface area contributed by atoms with Gasteiger partial charge in [0.2, 0.25) is 0 Å². The van der Waals surface area contributed by atoms with E-state index in [0.717, 1.165) is 38.3 Å². The van der Waals surface area contributed by atoms with Crippen molar-refractivity contribution in [3.8, 4) is 0 Å². The van der Waals surface area contributed by atoms with Crippen LogP contribution in [0.1, 0.15) is 11.1 Å². The minimum absolute atomic E-state index is 0.0158. The van der Waals surface area contributed by atoms with Gasteiger partial charge in [-0.05, 0) is 18.2 Å². The molecule has 3 rings (SSSR count). The average molecular weight is 307 g/mol. The van der Waals surface area contributed by atoms with Crippen LogP contribution in [0.4, 0.5) is 9.18 Å². The monoisotopic (exact) mass is 307 g/mol. The smallest absolute Gasteiger partial charge is 0.412 e. The fourth-order valence-electron chi connectivity index (χ4n) is 2.83. The quantitative estimate of drug-likeness (QED) is 0.848. The second kappa shape index (κ2) is 6.62. The second-order valence-corrected chi connectivity index (χ2v) is 6.07. The van der Waals surface area contributed by atoms with Crippen LogP contribution in [0.5, 0.6) is 0 Å². The number of carbonyl (C=O) groups excluding carboxylic acids is 1. The van der Waals surface area contributed by atoms with Crippen LogP contribution in [0, 0.1) is 0 Å². The topological polar surface area (TPSA) is 36.0 Å². The predicted octanol–water partition coefficient (Wildman–Crippen LogP) is 1.68. The van der Waals surface area contributed by atoms with Gasteiger partial charge in [-0.3, -0.25) is 9.80 Å². The maximum atomic E-state index is 13.0. The van der Waals surface area contributed by atoms with Crippen LogP contribution in [-0.2, 0) is 17.8 Å². The number of amides is 1. The Kier molecular flexibility index (Phi) is 4.59. The molecule has 6 heteroatoms. The van der Waals surface area contributed by atoms with Crippen molar-refractivity contribution in [2.45, 2.75) is 19.4 Å². The number of cyclic esters (lactones) is 1. The zero-order valence-corrected chi connectivity index (χ0v) is 12.9. The molecule has 5 nitrogen and oxygen atoms in total. The molecule has 120 valence electrons. The molecule has 2 heterocycles. The molecule has 1 atom stereocenters. The number of piperazine rings is 1. The number of ether oxygens (including phenoxy) is 1. The summed E-state index contributed by atoms with van der Waals surface area (Å²) in [5, 5.41) is 0. The summed E-state index contributed by atoms with van der Waals surface area (Å²) >= 11 is 0. The van der Waals surface area contributed by atoms with Gasteiger partial charge in [-0.15, -0.1) is 0 Å². The highest BCUT2D eigenvalue weighted by Crippen LogP contribution is 2.17. The summed E-state index contributed by atoms with van der Waals surface area (Å²) in [5.74, 6) is 0. The highest BCUT2D eigenvalue weighted by molar-refractivity contribution is 5.69. The van der Waals surface area contributed by atoms with E-state index in [-0.39, 0.29) is 6.54 Å². The lowest BCUT2D eigenvalue weighted by atomic mass is 10.1. The minimum Gasteiger partial charge on any atom is -0.413 e. The van der Waals surface area contributed by atoms with Crippen LogP contribution in [0.15, 0.2) is 24.3 Å². The van der Waals surface area contributed by atoms with Crippen molar-refractivity contribution in [2.75, 3.05) is 39.8 Å². The highest BCUT2D eigenvalue weighted by Gasteiger charge is 2.30. The second-order valence-electron chi connectivity index (χ2n) is 6.07. The number of carbonyl (C=O) groups is 1. The molecule has 2 fully saturated rings. The molecular weight excluding hydrogens is 285 g/mol. The van der Waals surface area contributed by atoms with Crippen molar-refractivity contribution in [3.05, 3.63) is 35.4 Å². The fraction of sp³-hybridized carbons (Fsp3) is 0.562. The van der Waals surface area contributed by atoms with E-state index >= 15 is 0 Å². The molecule has 0 saturated carbocycles. The fourth-order valence-corrected chi connectivity index (χ4v) is 2.83. The Morgan fingerprint density at radius 1 is 1.09 bits per heavy atom. The zero-order chi connectivity index (χ0) is 15.5. The molecule has 22 heavy (non-hydrogen) atoms. The Balaban J connectivity index is 1.53. The summed E-state index contributed by atoms with van der Waals surface area (Å²) in [7, 11) is 2.15. The average Bonchev–Trinajstić information content (AvgIpc) is 2.81. The number of hydrogen-bond donors (Lipinski definition) is 0. The van der Waals surface area contributed by atoms with Gasteiger partial charge in [-0.25, -0.2) is 4.79 Å². The lowest BCUT2D eigenvalue weighted by Crippen LogP contribution is -2.43. The highest BCUT2D eigenvalue weighted by atomic mass is 19.1. The molecule has 2 saturated heterocycles. The van der Waals surface area contributed by atoms with E-state index < -0.39 is 12.5 Å². The van der Waals surface area contributed by atoms with Gasteiger partial charge < -0.3 is 9.64 Å². The summed E-state index contributed by atoms with van der Waals surface area (Å²) in [4.78, 5) is 17.6. The van der Waals surface area contributed by atoms with Crippen LogP contribution >= 0.6 is 0 Å². The van der Waals surface area contributed by atoms with Crippen molar-refractivity contribution < 1.29 is 13.9 Å². The Labute approximate surface area is 130 Å². The van der Waals surface area contributed by atoms with Gasteiger partial charge in [0, 0.05) is 39.3 Å². The first-order valence-corrected chi connectivity index (χ1v) is 7.68. The van der Waals surface area contributed by atoms with Crippen molar-refractivity contribution in [3.63, 3.8) is 0 Å². The van der Waals surface area contributed by atoms with Gasteiger partial charge in [-0.1, -0.05) is 24.3 Å². The molecule has 0 bridgehead atoms. The minimum atomic E-state index is -1.50. The number of rotatable bonds is 4. The van der Waals surface area contributed by atoms with Crippen molar-refractivity contribution >= 4 is 6.09 Å². The SMILES string of the molecule is CN1CCN(Cc2ccc(CN3CC(F)OC3=O)cc2)CC1. The molecule has 0 aliphatic carbocycles. The lowest BCUT2D eigenvalue weighted by Gasteiger charge is -2.32. The molecule has 2 aliphatic heterocycles. The maximum Gasteiger partial charge on any atom is 0.412 e. The van der Waals surface area contributed by atoms with E-state index in [4.69, 9.17) is 0 Å². The Bertz CT molecular complexity index is 515. The Morgan fingerprint density at radius 2 is 1.68 bits per heavy atom. The summed E-state index contributed by atoms with van der Waals surface area (Å²) in [6.45, 7) is 5.77. The summed E-state index contributed by atoms with van der Waals surface area (Å²) in [5.41, 5.74) is 2.26. The number of nitrogens with zero attached hydrogens (tertiary/aromatic N) is 3. The number of halogens is 1.